The maximum absolute atomic E-state index is 11.7. The molecule has 0 aliphatic carbocycles. The molecule has 3 rings (SSSR count). The zero-order valence-corrected chi connectivity index (χ0v) is 20.1. The van der Waals surface area contributed by atoms with E-state index in [2.05, 4.69) is 5.32 Å². The van der Waals surface area contributed by atoms with Gasteiger partial charge in [-0.1, -0.05) is 48.5 Å². The van der Waals surface area contributed by atoms with Crippen LogP contribution < -0.4 is 11.1 Å². The first kappa shape index (κ1) is 30.0. The number of carbonyl (C=O) groups excluding carboxylic acids is 2. The summed E-state index contributed by atoms with van der Waals surface area (Å²) in [5.41, 5.74) is 5.19. The molecule has 10 heteroatoms. The molecule has 0 aromatic heterocycles. The molecule has 0 saturated heterocycles. The van der Waals surface area contributed by atoms with Gasteiger partial charge in [-0.2, -0.15) is 0 Å². The van der Waals surface area contributed by atoms with E-state index in [4.69, 9.17) is 5.73 Å². The number of hydrogen-bond acceptors (Lipinski definition) is 4. The van der Waals surface area contributed by atoms with Gasteiger partial charge in [0.05, 0.1) is 22.3 Å². The number of carboxylic acids is 2. The number of nitrogens with two attached hydrogens (primary N) is 1. The summed E-state index contributed by atoms with van der Waals surface area (Å²) < 4.78 is 0. The fourth-order valence-corrected chi connectivity index (χ4v) is 2.73. The van der Waals surface area contributed by atoms with Crippen LogP contribution >= 0.6 is 0 Å². The van der Waals surface area contributed by atoms with Crippen molar-refractivity contribution >= 4 is 23.8 Å². The van der Waals surface area contributed by atoms with Gasteiger partial charge in [0.15, 0.2) is 0 Å². The molecule has 0 aliphatic heterocycles. The van der Waals surface area contributed by atoms with Crippen LogP contribution in [0.4, 0.5) is 0 Å². The monoisotopic (exact) mass is 634 g/mol. The first-order chi connectivity index (χ1) is 14.8. The predicted octanol–water partition coefficient (Wildman–Crippen LogP) is 2.89. The molecule has 3 aromatic carbocycles. The number of rotatable bonds is 5. The Morgan fingerprint density at radius 3 is 1.36 bits per heavy atom. The van der Waals surface area contributed by atoms with Crippen LogP contribution in [0.3, 0.4) is 0 Å². The van der Waals surface area contributed by atoms with Crippen LogP contribution in [0.5, 0.6) is 0 Å². The largest absolute Gasteiger partial charge is 0.478 e. The smallest absolute Gasteiger partial charge is 0.336 e. The van der Waals surface area contributed by atoms with Gasteiger partial charge in [-0.25, -0.2) is 9.59 Å². The second kappa shape index (κ2) is 14.2. The Morgan fingerprint density at radius 2 is 1.03 bits per heavy atom. The van der Waals surface area contributed by atoms with Crippen LogP contribution in [0.15, 0.2) is 72.8 Å². The Labute approximate surface area is 221 Å². The molecule has 0 fully saturated rings. The molecule has 180 valence electrons. The summed E-state index contributed by atoms with van der Waals surface area (Å²) in [7, 11) is 1.38. The first-order valence-electron chi connectivity index (χ1n) is 9.03. The van der Waals surface area contributed by atoms with E-state index >= 15 is 0 Å². The Hall–Kier alpha value is -2.98. The van der Waals surface area contributed by atoms with Crippen LogP contribution in [0.1, 0.15) is 41.4 Å². The summed E-state index contributed by atoms with van der Waals surface area (Å²) in [6.07, 6.45) is 0. The summed E-state index contributed by atoms with van der Waals surface area (Å²) in [5, 5.41) is 20.9. The summed E-state index contributed by atoms with van der Waals surface area (Å²) in [6.45, 7) is 0. The van der Waals surface area contributed by atoms with Gasteiger partial charge in [0.1, 0.15) is 0 Å². The minimum absolute atomic E-state index is 0. The van der Waals surface area contributed by atoms with E-state index in [9.17, 15) is 29.4 Å². The van der Waals surface area contributed by atoms with Gasteiger partial charge in [0.25, 0.3) is 5.91 Å². The van der Waals surface area contributed by atoms with Crippen LogP contribution in [0.2, 0.25) is 0 Å². The van der Waals surface area contributed by atoms with Crippen molar-refractivity contribution in [2.45, 2.75) is 0 Å². The van der Waals surface area contributed by atoms with Crippen molar-refractivity contribution < 1.29 is 74.2 Å². The van der Waals surface area contributed by atoms with Crippen LogP contribution in [0, 0.1) is 0 Å². The van der Waals surface area contributed by atoms with Gasteiger partial charge in [-0.05, 0) is 35.4 Å². The van der Waals surface area contributed by atoms with Gasteiger partial charge in [0, 0.05) is 51.8 Å². The minimum atomic E-state index is -1.34. The summed E-state index contributed by atoms with van der Waals surface area (Å²) in [6, 6.07) is 20.0. The molecule has 2 amide bonds. The zero-order chi connectivity index (χ0) is 23.0. The van der Waals surface area contributed by atoms with Gasteiger partial charge < -0.3 is 21.3 Å². The number of benzene rings is 3. The SMILES string of the molecule is CNC(=O)c1ccc(-c2ccc(C(N)=O)c(C(=O)O)c2)cc1C(=O)O.[Ag].[Ag].c1ccccc1. The average Bonchev–Trinajstić information content (AvgIpc) is 2.79. The van der Waals surface area contributed by atoms with Crippen molar-refractivity contribution in [1.82, 2.24) is 5.32 Å². The third kappa shape index (κ3) is 8.14. The molecule has 0 heterocycles. The summed E-state index contributed by atoms with van der Waals surface area (Å²) >= 11 is 0. The van der Waals surface area contributed by atoms with Gasteiger partial charge in [-0.3, -0.25) is 9.59 Å². The Kier molecular flexibility index (Phi) is 12.9. The number of aromatic carboxylic acids is 2. The number of carbonyl (C=O) groups is 4. The average molecular weight is 636 g/mol. The van der Waals surface area contributed by atoms with Crippen LogP contribution in [-0.4, -0.2) is 41.0 Å². The Bertz CT molecular complexity index is 1110. The molecule has 2 radical (unpaired) electrons. The maximum atomic E-state index is 11.7. The van der Waals surface area contributed by atoms with Crippen molar-refractivity contribution in [1.29, 1.82) is 0 Å². The molecule has 0 atom stereocenters. The number of primary amides is 1. The molecular formula is C23H20Ag2N2O6. The quantitative estimate of drug-likeness (QED) is 0.317. The first-order valence-corrected chi connectivity index (χ1v) is 9.03. The van der Waals surface area contributed by atoms with Crippen LogP contribution in [0.25, 0.3) is 11.1 Å². The third-order valence-corrected chi connectivity index (χ3v) is 4.24. The van der Waals surface area contributed by atoms with E-state index < -0.39 is 23.8 Å². The molecule has 33 heavy (non-hydrogen) atoms. The van der Waals surface area contributed by atoms with Crippen molar-refractivity contribution in [2.24, 2.45) is 5.73 Å². The van der Waals surface area contributed by atoms with E-state index in [1.807, 2.05) is 36.4 Å². The molecule has 5 N–H and O–H groups in total. The molecule has 0 aliphatic rings. The number of nitrogens with one attached hydrogen (secondary N) is 1. The van der Waals surface area contributed by atoms with E-state index in [1.54, 1.807) is 0 Å². The van der Waals surface area contributed by atoms with E-state index in [0.29, 0.717) is 11.1 Å². The Balaban J connectivity index is 0.00000111. The van der Waals surface area contributed by atoms with Crippen LogP contribution in [-0.2, 0) is 44.8 Å². The molecule has 0 unspecified atom stereocenters. The van der Waals surface area contributed by atoms with E-state index in [1.165, 1.54) is 43.4 Å². The van der Waals surface area contributed by atoms with Gasteiger partial charge in [0.2, 0.25) is 5.91 Å². The van der Waals surface area contributed by atoms with Crippen molar-refractivity contribution in [3.8, 4) is 11.1 Å². The predicted molar refractivity (Wildman–Crippen MR) is 114 cm³/mol. The fourth-order valence-electron chi connectivity index (χ4n) is 2.73. The van der Waals surface area contributed by atoms with E-state index in [-0.39, 0.29) is 67.0 Å². The second-order valence-corrected chi connectivity index (χ2v) is 6.23. The van der Waals surface area contributed by atoms with Gasteiger partial charge in [-0.15, -0.1) is 0 Å². The number of amides is 2. The van der Waals surface area contributed by atoms with Crippen molar-refractivity contribution in [2.75, 3.05) is 7.05 Å². The number of hydrogen-bond donors (Lipinski definition) is 4. The molecule has 0 saturated carbocycles. The normalized spacial score (nSPS) is 9.12. The van der Waals surface area contributed by atoms with Crippen molar-refractivity contribution in [3.05, 3.63) is 95.1 Å². The molecule has 0 spiro atoms. The molecular weight excluding hydrogens is 616 g/mol. The third-order valence-electron chi connectivity index (χ3n) is 4.24. The summed E-state index contributed by atoms with van der Waals surface area (Å²) in [4.78, 5) is 45.8. The minimum Gasteiger partial charge on any atom is -0.478 e. The van der Waals surface area contributed by atoms with Crippen molar-refractivity contribution in [3.63, 3.8) is 0 Å². The Morgan fingerprint density at radius 1 is 0.667 bits per heavy atom. The maximum Gasteiger partial charge on any atom is 0.336 e. The molecule has 3 aromatic rings. The van der Waals surface area contributed by atoms with E-state index in [0.717, 1.165) is 0 Å². The second-order valence-electron chi connectivity index (χ2n) is 6.23. The standard InChI is InChI=1S/C17H14N2O6.C6H6.2Ag/c1-19-15(21)11-5-3-9(7-13(11)17(24)25)8-2-4-10(14(18)20)12(6-8)16(22)23;1-2-4-6-5-3-1;;/h2-7H,1H3,(H2,18,20)(H,19,21)(H,22,23)(H,24,25);1-6H;;. The number of carboxylic acid groups (broad SMARTS) is 2. The topological polar surface area (TPSA) is 147 Å². The summed E-state index contributed by atoms with van der Waals surface area (Å²) in [5.74, 6) is -4.08. The molecule has 8 nitrogen and oxygen atoms in total. The van der Waals surface area contributed by atoms with Gasteiger partial charge >= 0.3 is 11.9 Å². The zero-order valence-electron chi connectivity index (χ0n) is 17.1. The fraction of sp³-hybridized carbons (Fsp3) is 0.0435. The molecule has 0 bridgehead atoms.